The monoisotopic (exact) mass is 421 g/mol. The SMILES string of the molecule is C.C.C.C.CC.CC.CC.CCC.[CH3-].[CH3-].[CH3-].[Y].[Y]. The van der Waals surface area contributed by atoms with Gasteiger partial charge >= 0.3 is 0 Å². The molecule has 0 N–H and O–H groups in total. The van der Waals surface area contributed by atoms with Crippen molar-refractivity contribution in [1.29, 1.82) is 0 Å². The third-order valence-corrected chi connectivity index (χ3v) is 0. The molecule has 0 spiro atoms. The fourth-order valence-electron chi connectivity index (χ4n) is 0. The van der Waals surface area contributed by atoms with Crippen LogP contribution < -0.4 is 0 Å². The Bertz CT molecular complexity index is 9.06. The van der Waals surface area contributed by atoms with E-state index in [1.165, 1.54) is 6.42 Å². The molecule has 18 heavy (non-hydrogen) atoms. The molecule has 0 heterocycles. The van der Waals surface area contributed by atoms with Gasteiger partial charge < -0.3 is 22.3 Å². The predicted octanol–water partition coefficient (Wildman–Crippen LogP) is 8.39. The predicted molar refractivity (Wildman–Crippen MR) is 96.2 cm³/mol. The molecule has 0 aliphatic rings. The standard InChI is InChI=1S/C3H8.3C2H6.4CH4.3CH3.2Y/c1-3-2;3*1-2;;;;;;;;;/h3H2,1-2H3;3*1-2H3;4*1H4;3*1H3;;/q;;;;;;;;3*-1;;. The van der Waals surface area contributed by atoms with Crippen LogP contribution in [0.15, 0.2) is 0 Å². The van der Waals surface area contributed by atoms with Crippen molar-refractivity contribution in [3.05, 3.63) is 22.3 Å². The van der Waals surface area contributed by atoms with Crippen LogP contribution in [0.1, 0.15) is 91.5 Å². The minimum atomic E-state index is 0. The molecule has 0 amide bonds. The van der Waals surface area contributed by atoms with Gasteiger partial charge in [-0.15, -0.1) is 0 Å². The Labute approximate surface area is 177 Å². The molecule has 0 aromatic carbocycles. The molecule has 2 heteroatoms. The van der Waals surface area contributed by atoms with Crippen molar-refractivity contribution in [2.75, 3.05) is 0 Å². The number of rotatable bonds is 0. The second-order valence-electron chi connectivity index (χ2n) is 0.707. The Hall–Kier alpha value is 2.21. The van der Waals surface area contributed by atoms with E-state index in [1.807, 2.05) is 41.5 Å². The number of hydrogen-bond acceptors (Lipinski definition) is 0. The van der Waals surface area contributed by atoms with Crippen molar-refractivity contribution in [3.63, 3.8) is 0 Å². The second kappa shape index (κ2) is 619. The third kappa shape index (κ3) is 1110. The average Bonchev–Trinajstić information content (AvgIpc) is 2.01. The van der Waals surface area contributed by atoms with Crippen LogP contribution in [0, 0.1) is 22.3 Å². The molecule has 0 atom stereocenters. The first-order valence-corrected chi connectivity index (χ1v) is 4.41. The van der Waals surface area contributed by atoms with E-state index in [-0.39, 0.29) is 117 Å². The van der Waals surface area contributed by atoms with E-state index < -0.39 is 0 Å². The van der Waals surface area contributed by atoms with Crippen molar-refractivity contribution in [2.24, 2.45) is 0 Å². The first kappa shape index (κ1) is 144. The van der Waals surface area contributed by atoms with Crippen molar-refractivity contribution in [3.8, 4) is 0 Å². The maximum Gasteiger partial charge on any atom is 0 e. The van der Waals surface area contributed by atoms with E-state index in [4.69, 9.17) is 0 Å². The van der Waals surface area contributed by atoms with Crippen LogP contribution in [-0.2, 0) is 65.4 Å². The van der Waals surface area contributed by atoms with Crippen LogP contribution in [0.2, 0.25) is 0 Å². The minimum absolute atomic E-state index is 0. The molecule has 0 rings (SSSR count). The Morgan fingerprint density at radius 3 is 0.444 bits per heavy atom. The van der Waals surface area contributed by atoms with Gasteiger partial charge in [-0.25, -0.2) is 0 Å². The van der Waals surface area contributed by atoms with Gasteiger partial charge in [0.25, 0.3) is 0 Å². The number of hydrogen-bond donors (Lipinski definition) is 0. The Balaban J connectivity index is -0.00000000146. The van der Waals surface area contributed by atoms with E-state index in [0.29, 0.717) is 0 Å². The normalized spacial score (nSPS) is 2.00. The Morgan fingerprint density at radius 1 is 0.444 bits per heavy atom. The molecule has 0 aromatic heterocycles. The Kier molecular flexibility index (Phi) is 4930. The van der Waals surface area contributed by atoms with Gasteiger partial charge in [0.05, 0.1) is 0 Å². The molecule has 0 saturated carbocycles. The van der Waals surface area contributed by atoms with Crippen LogP contribution >= 0.6 is 0 Å². The fraction of sp³-hybridized carbons (Fsp3) is 0.812. The van der Waals surface area contributed by atoms with Crippen molar-refractivity contribution in [2.45, 2.75) is 91.5 Å². The summed E-state index contributed by atoms with van der Waals surface area (Å²) in [4.78, 5) is 0. The summed E-state index contributed by atoms with van der Waals surface area (Å²) in [6.45, 7) is 16.2. The summed E-state index contributed by atoms with van der Waals surface area (Å²) in [5.74, 6) is 0. The molecule has 0 unspecified atom stereocenters. The zero-order chi connectivity index (χ0) is 8.71. The molecule has 0 saturated heterocycles. The van der Waals surface area contributed by atoms with Crippen LogP contribution in [0.4, 0.5) is 0 Å². The molecule has 124 valence electrons. The van der Waals surface area contributed by atoms with Crippen LogP contribution in [0.25, 0.3) is 0 Å². The van der Waals surface area contributed by atoms with E-state index in [9.17, 15) is 0 Å². The zero-order valence-corrected chi connectivity index (χ0v) is 18.5. The first-order chi connectivity index (χ1) is 4.41. The largest absolute Gasteiger partial charge is 0.358 e. The molecular formula is C16H51Y2-3. The third-order valence-electron chi connectivity index (χ3n) is 0. The maximum absolute atomic E-state index is 2.12. The Morgan fingerprint density at radius 2 is 0.444 bits per heavy atom. The van der Waals surface area contributed by atoms with Crippen molar-refractivity contribution in [1.82, 2.24) is 0 Å². The van der Waals surface area contributed by atoms with Crippen molar-refractivity contribution < 1.29 is 65.4 Å². The topological polar surface area (TPSA) is 0 Å². The van der Waals surface area contributed by atoms with Gasteiger partial charge in [-0.1, -0.05) is 91.5 Å². The van der Waals surface area contributed by atoms with E-state index in [1.54, 1.807) is 0 Å². The minimum Gasteiger partial charge on any atom is -0.358 e. The van der Waals surface area contributed by atoms with E-state index in [2.05, 4.69) is 13.8 Å². The molecule has 0 nitrogen and oxygen atoms in total. The van der Waals surface area contributed by atoms with Crippen molar-refractivity contribution >= 4 is 0 Å². The molecular weight excluding hydrogens is 370 g/mol. The van der Waals surface area contributed by atoms with Crippen LogP contribution in [-0.4, -0.2) is 0 Å². The second-order valence-corrected chi connectivity index (χ2v) is 0.707. The summed E-state index contributed by atoms with van der Waals surface area (Å²) in [5, 5.41) is 0. The average molecular weight is 421 g/mol. The summed E-state index contributed by atoms with van der Waals surface area (Å²) in [6.07, 6.45) is 1.25. The van der Waals surface area contributed by atoms with Gasteiger partial charge in [0.2, 0.25) is 0 Å². The maximum atomic E-state index is 2.12. The molecule has 0 aromatic rings. The van der Waals surface area contributed by atoms with Gasteiger partial charge in [-0.2, -0.15) is 0 Å². The van der Waals surface area contributed by atoms with Gasteiger partial charge in [-0.3, -0.25) is 0 Å². The summed E-state index contributed by atoms with van der Waals surface area (Å²) >= 11 is 0. The quantitative estimate of drug-likeness (QED) is 0.345. The van der Waals surface area contributed by atoms with Crippen LogP contribution in [0.5, 0.6) is 0 Å². The molecule has 0 fully saturated rings. The molecule has 0 aliphatic carbocycles. The summed E-state index contributed by atoms with van der Waals surface area (Å²) in [5.41, 5.74) is 0. The summed E-state index contributed by atoms with van der Waals surface area (Å²) in [7, 11) is 0. The van der Waals surface area contributed by atoms with Gasteiger partial charge in [-0.05, 0) is 0 Å². The summed E-state index contributed by atoms with van der Waals surface area (Å²) in [6, 6.07) is 0. The first-order valence-electron chi connectivity index (χ1n) is 4.41. The van der Waals surface area contributed by atoms with E-state index >= 15 is 0 Å². The van der Waals surface area contributed by atoms with Gasteiger partial charge in [0.15, 0.2) is 0 Å². The summed E-state index contributed by atoms with van der Waals surface area (Å²) < 4.78 is 0. The van der Waals surface area contributed by atoms with Gasteiger partial charge in [0.1, 0.15) is 0 Å². The van der Waals surface area contributed by atoms with Gasteiger partial charge in [0, 0.05) is 65.4 Å². The molecule has 0 aliphatic heterocycles. The van der Waals surface area contributed by atoms with Crippen LogP contribution in [0.3, 0.4) is 0 Å². The van der Waals surface area contributed by atoms with E-state index in [0.717, 1.165) is 0 Å². The molecule has 2 radical (unpaired) electrons. The molecule has 0 bridgehead atoms. The zero-order valence-electron chi connectivity index (χ0n) is 12.9. The fourth-order valence-corrected chi connectivity index (χ4v) is 0. The smallest absolute Gasteiger partial charge is 0 e.